The maximum Gasteiger partial charge on any atom is 0.269 e. The molecule has 0 amide bonds. The minimum atomic E-state index is -0.457. The summed E-state index contributed by atoms with van der Waals surface area (Å²) in [7, 11) is 0. The molecule has 1 aromatic carbocycles. The average Bonchev–Trinajstić information content (AvgIpc) is 2.86. The molecular formula is C15H15N3O3. The van der Waals surface area contributed by atoms with Gasteiger partial charge in [-0.25, -0.2) is 0 Å². The lowest BCUT2D eigenvalue weighted by Crippen LogP contribution is -2.01. The third kappa shape index (κ3) is 3.22. The van der Waals surface area contributed by atoms with Crippen molar-refractivity contribution in [3.05, 3.63) is 63.5 Å². The van der Waals surface area contributed by atoms with Crippen molar-refractivity contribution in [1.29, 1.82) is 0 Å². The zero-order valence-electron chi connectivity index (χ0n) is 11.8. The molecule has 1 heterocycles. The van der Waals surface area contributed by atoms with Gasteiger partial charge in [0, 0.05) is 24.4 Å². The Hall–Kier alpha value is -2.76. The third-order valence-electron chi connectivity index (χ3n) is 3.20. The highest BCUT2D eigenvalue weighted by molar-refractivity contribution is 6.07. The molecule has 0 atom stereocenters. The molecule has 0 radical (unpaired) electrons. The van der Waals surface area contributed by atoms with Crippen LogP contribution in [0.5, 0.6) is 0 Å². The van der Waals surface area contributed by atoms with Gasteiger partial charge < -0.3 is 0 Å². The number of nitro groups is 1. The number of hydrogen-bond acceptors (Lipinski definition) is 4. The molecule has 6 nitrogen and oxygen atoms in total. The summed E-state index contributed by atoms with van der Waals surface area (Å²) in [5, 5.41) is 14.7. The number of aryl methyl sites for hydroxylation is 1. The Bertz CT molecular complexity index is 699. The number of carbonyl (C=O) groups is 1. The van der Waals surface area contributed by atoms with E-state index in [0.29, 0.717) is 12.1 Å². The van der Waals surface area contributed by atoms with Crippen LogP contribution in [0.3, 0.4) is 0 Å². The first-order valence-electron chi connectivity index (χ1n) is 6.52. The molecule has 0 aliphatic heterocycles. The summed E-state index contributed by atoms with van der Waals surface area (Å²) in [6.07, 6.45) is 4.64. The number of benzene rings is 1. The number of nitro benzene ring substituents is 1. The number of allylic oxidation sites excluding steroid dienone is 1. The van der Waals surface area contributed by atoms with Gasteiger partial charge in [0.25, 0.3) is 5.69 Å². The van der Waals surface area contributed by atoms with Crippen LogP contribution < -0.4 is 0 Å². The van der Waals surface area contributed by atoms with Gasteiger partial charge in [0.05, 0.1) is 16.7 Å². The molecule has 0 bridgehead atoms. The summed E-state index contributed by atoms with van der Waals surface area (Å²) in [6.45, 7) is 4.52. The summed E-state index contributed by atoms with van der Waals surface area (Å²) in [6, 6.07) is 6.02. The van der Waals surface area contributed by atoms with Gasteiger partial charge in [-0.15, -0.1) is 0 Å². The summed E-state index contributed by atoms with van der Waals surface area (Å²) in [5.74, 6) is -0.134. The maximum atomic E-state index is 12.1. The number of hydrogen-bond donors (Lipinski definition) is 0. The summed E-state index contributed by atoms with van der Waals surface area (Å²) >= 11 is 0. The Morgan fingerprint density at radius 2 is 2.05 bits per heavy atom. The van der Waals surface area contributed by atoms with Crippen LogP contribution in [0.15, 0.2) is 36.5 Å². The van der Waals surface area contributed by atoms with E-state index in [9.17, 15) is 14.9 Å². The lowest BCUT2D eigenvalue weighted by molar-refractivity contribution is -0.384. The zero-order valence-corrected chi connectivity index (χ0v) is 11.8. The molecule has 6 heteroatoms. The van der Waals surface area contributed by atoms with Crippen molar-refractivity contribution in [3.8, 4) is 0 Å². The van der Waals surface area contributed by atoms with Crippen LogP contribution in [0.2, 0.25) is 0 Å². The lowest BCUT2D eigenvalue weighted by atomic mass is 10.1. The highest BCUT2D eigenvalue weighted by Gasteiger charge is 2.10. The molecule has 0 unspecified atom stereocenters. The van der Waals surface area contributed by atoms with Gasteiger partial charge in [0.15, 0.2) is 5.78 Å². The summed E-state index contributed by atoms with van der Waals surface area (Å²) < 4.78 is 1.76. The Morgan fingerprint density at radius 1 is 1.38 bits per heavy atom. The molecule has 1 aromatic heterocycles. The van der Waals surface area contributed by atoms with E-state index in [1.165, 1.54) is 18.2 Å². The van der Waals surface area contributed by atoms with Crippen molar-refractivity contribution < 1.29 is 9.72 Å². The molecule has 0 spiro atoms. The Kier molecular flexibility index (Phi) is 4.27. The van der Waals surface area contributed by atoms with Crippen molar-refractivity contribution in [2.45, 2.75) is 20.4 Å². The van der Waals surface area contributed by atoms with Crippen LogP contribution in [0.4, 0.5) is 5.69 Å². The van der Waals surface area contributed by atoms with Crippen molar-refractivity contribution in [1.82, 2.24) is 9.78 Å². The number of aromatic nitrogens is 2. The maximum absolute atomic E-state index is 12.1. The van der Waals surface area contributed by atoms with E-state index in [4.69, 9.17) is 0 Å². The van der Waals surface area contributed by atoms with Crippen LogP contribution >= 0.6 is 0 Å². The number of carbonyl (C=O) groups excluding carboxylic acids is 1. The van der Waals surface area contributed by atoms with E-state index in [1.54, 1.807) is 29.1 Å². The molecule has 0 N–H and O–H groups in total. The molecule has 21 heavy (non-hydrogen) atoms. The molecule has 2 aromatic rings. The predicted molar refractivity (Wildman–Crippen MR) is 79.1 cm³/mol. The van der Waals surface area contributed by atoms with Crippen molar-refractivity contribution in [2.24, 2.45) is 0 Å². The predicted octanol–water partition coefficient (Wildman–Crippen LogP) is 3.02. The Labute approximate surface area is 121 Å². The van der Waals surface area contributed by atoms with Crippen LogP contribution in [-0.4, -0.2) is 20.5 Å². The molecular weight excluding hydrogens is 270 g/mol. The Morgan fingerprint density at radius 3 is 2.57 bits per heavy atom. The van der Waals surface area contributed by atoms with E-state index < -0.39 is 4.92 Å². The van der Waals surface area contributed by atoms with Gasteiger partial charge in [0.1, 0.15) is 0 Å². The third-order valence-corrected chi connectivity index (χ3v) is 3.20. The first-order valence-corrected chi connectivity index (χ1v) is 6.52. The fourth-order valence-corrected chi connectivity index (χ4v) is 1.98. The summed E-state index contributed by atoms with van der Waals surface area (Å²) in [4.78, 5) is 22.2. The van der Waals surface area contributed by atoms with Crippen LogP contribution in [0, 0.1) is 17.0 Å². The SMILES string of the molecule is CCn1ncc(C(=O)/C=C/c2ccc([N+](=O)[O-])cc2)c1C. The standard InChI is InChI=1S/C15H15N3O3/c1-3-17-11(2)14(10-16-17)15(19)9-6-12-4-7-13(8-5-12)18(20)21/h4-10H,3H2,1-2H3/b9-6+. The second-order valence-corrected chi connectivity index (χ2v) is 4.51. The van der Waals surface area contributed by atoms with Gasteiger partial charge in [-0.2, -0.15) is 5.10 Å². The van der Waals surface area contributed by atoms with Crippen LogP contribution in [0.25, 0.3) is 6.08 Å². The average molecular weight is 285 g/mol. The van der Waals surface area contributed by atoms with E-state index in [1.807, 2.05) is 13.8 Å². The molecule has 108 valence electrons. The van der Waals surface area contributed by atoms with Gasteiger partial charge in [-0.3, -0.25) is 19.6 Å². The first-order chi connectivity index (χ1) is 10.0. The fourth-order valence-electron chi connectivity index (χ4n) is 1.98. The van der Waals surface area contributed by atoms with Gasteiger partial charge >= 0.3 is 0 Å². The highest BCUT2D eigenvalue weighted by Crippen LogP contribution is 2.14. The largest absolute Gasteiger partial charge is 0.289 e. The topological polar surface area (TPSA) is 78.0 Å². The van der Waals surface area contributed by atoms with Crippen molar-refractivity contribution >= 4 is 17.5 Å². The molecule has 0 aliphatic carbocycles. The van der Waals surface area contributed by atoms with Crippen molar-refractivity contribution in [2.75, 3.05) is 0 Å². The number of nitrogens with zero attached hydrogens (tertiary/aromatic N) is 3. The van der Waals surface area contributed by atoms with Crippen LogP contribution in [0.1, 0.15) is 28.5 Å². The van der Waals surface area contributed by atoms with Crippen molar-refractivity contribution in [3.63, 3.8) is 0 Å². The second kappa shape index (κ2) is 6.13. The van der Waals surface area contributed by atoms with Gasteiger partial charge in [-0.05, 0) is 37.6 Å². The fraction of sp³-hybridized carbons (Fsp3) is 0.200. The van der Waals surface area contributed by atoms with E-state index in [-0.39, 0.29) is 11.5 Å². The first kappa shape index (κ1) is 14.6. The monoisotopic (exact) mass is 285 g/mol. The highest BCUT2D eigenvalue weighted by atomic mass is 16.6. The van der Waals surface area contributed by atoms with Gasteiger partial charge in [-0.1, -0.05) is 6.08 Å². The number of ketones is 1. The molecule has 0 fully saturated rings. The minimum absolute atomic E-state index is 0.0264. The molecule has 0 aliphatic rings. The Balaban J connectivity index is 2.14. The van der Waals surface area contributed by atoms with E-state index in [2.05, 4.69) is 5.10 Å². The zero-order chi connectivity index (χ0) is 15.4. The smallest absolute Gasteiger partial charge is 0.269 e. The quantitative estimate of drug-likeness (QED) is 0.366. The molecule has 0 saturated carbocycles. The molecule has 2 rings (SSSR count). The normalized spacial score (nSPS) is 11.0. The lowest BCUT2D eigenvalue weighted by Gasteiger charge is -1.99. The molecule has 0 saturated heterocycles. The number of rotatable bonds is 5. The second-order valence-electron chi connectivity index (χ2n) is 4.51. The summed E-state index contributed by atoms with van der Waals surface area (Å²) in [5.41, 5.74) is 2.15. The van der Waals surface area contributed by atoms with Gasteiger partial charge in [0.2, 0.25) is 0 Å². The van der Waals surface area contributed by atoms with Crippen LogP contribution in [-0.2, 0) is 6.54 Å². The minimum Gasteiger partial charge on any atom is -0.289 e. The van der Waals surface area contributed by atoms with E-state index >= 15 is 0 Å². The number of non-ortho nitro benzene ring substituents is 1. The van der Waals surface area contributed by atoms with E-state index in [0.717, 1.165) is 11.3 Å².